The third-order valence-corrected chi connectivity index (χ3v) is 3.20. The molecule has 0 aliphatic rings. The van der Waals surface area contributed by atoms with Gasteiger partial charge < -0.3 is 14.4 Å². The molecule has 0 fully saturated rings. The van der Waals surface area contributed by atoms with E-state index in [0.29, 0.717) is 12.4 Å². The van der Waals surface area contributed by atoms with Crippen LogP contribution < -0.4 is 4.74 Å². The van der Waals surface area contributed by atoms with Crippen LogP contribution in [0.5, 0.6) is 11.5 Å². The number of aromatic nitrogens is 1. The summed E-state index contributed by atoms with van der Waals surface area (Å²) in [5.41, 5.74) is 1.91. The summed E-state index contributed by atoms with van der Waals surface area (Å²) in [4.78, 5) is 0. The first-order chi connectivity index (χ1) is 9.25. The summed E-state index contributed by atoms with van der Waals surface area (Å²) in [5, 5.41) is 10.9. The van der Waals surface area contributed by atoms with Crippen molar-refractivity contribution in [2.75, 3.05) is 0 Å². The second-order valence-electron chi connectivity index (χ2n) is 4.54. The molecule has 3 aromatic rings. The number of fused-ring (bicyclic) bond motifs is 1. The predicted octanol–water partition coefficient (Wildman–Crippen LogP) is 3.46. The Morgan fingerprint density at radius 1 is 1.05 bits per heavy atom. The minimum absolute atomic E-state index is 0.297. The van der Waals surface area contributed by atoms with Crippen LogP contribution in [0.1, 0.15) is 5.56 Å². The lowest BCUT2D eigenvalue weighted by Crippen LogP contribution is -1.94. The Morgan fingerprint density at radius 3 is 2.63 bits per heavy atom. The van der Waals surface area contributed by atoms with Crippen molar-refractivity contribution in [3.63, 3.8) is 0 Å². The average Bonchev–Trinajstić information content (AvgIpc) is 2.76. The van der Waals surface area contributed by atoms with Crippen molar-refractivity contribution in [3.8, 4) is 11.5 Å². The van der Waals surface area contributed by atoms with Gasteiger partial charge >= 0.3 is 0 Å². The summed E-state index contributed by atoms with van der Waals surface area (Å²) < 4.78 is 7.68. The summed E-state index contributed by atoms with van der Waals surface area (Å²) in [7, 11) is 1.92. The molecular formula is C16H15NO2. The van der Waals surface area contributed by atoms with Crippen LogP contribution >= 0.6 is 0 Å². The van der Waals surface area contributed by atoms with Gasteiger partial charge in [0.25, 0.3) is 0 Å². The van der Waals surface area contributed by atoms with E-state index in [1.165, 1.54) is 0 Å². The molecule has 0 saturated heterocycles. The minimum atomic E-state index is 0.297. The number of aryl methyl sites for hydroxylation is 1. The van der Waals surface area contributed by atoms with Crippen LogP contribution in [0.2, 0.25) is 0 Å². The van der Waals surface area contributed by atoms with Crippen LogP contribution in [-0.4, -0.2) is 9.67 Å². The Kier molecular flexibility index (Phi) is 2.88. The van der Waals surface area contributed by atoms with E-state index in [9.17, 15) is 5.11 Å². The summed E-state index contributed by atoms with van der Waals surface area (Å²) in [6.07, 6.45) is 1.99. The van der Waals surface area contributed by atoms with E-state index < -0.39 is 0 Å². The van der Waals surface area contributed by atoms with E-state index in [1.807, 2.05) is 60.3 Å². The first kappa shape index (κ1) is 11.7. The van der Waals surface area contributed by atoms with Crippen molar-refractivity contribution < 1.29 is 9.84 Å². The Hall–Kier alpha value is -2.42. The lowest BCUT2D eigenvalue weighted by atomic mass is 10.2. The number of hydrogen-bond donors (Lipinski definition) is 1. The molecule has 0 unspecified atom stereocenters. The van der Waals surface area contributed by atoms with E-state index >= 15 is 0 Å². The fourth-order valence-electron chi connectivity index (χ4n) is 2.32. The number of benzene rings is 2. The highest BCUT2D eigenvalue weighted by Gasteiger charge is 2.10. The predicted molar refractivity (Wildman–Crippen MR) is 75.4 cm³/mol. The number of rotatable bonds is 3. The van der Waals surface area contributed by atoms with Gasteiger partial charge in [0.1, 0.15) is 18.1 Å². The second-order valence-corrected chi connectivity index (χ2v) is 4.54. The van der Waals surface area contributed by atoms with E-state index in [0.717, 1.165) is 22.2 Å². The van der Waals surface area contributed by atoms with Crippen LogP contribution in [0.25, 0.3) is 10.9 Å². The average molecular weight is 253 g/mol. The fraction of sp³-hybridized carbons (Fsp3) is 0.125. The largest absolute Gasteiger partial charge is 0.506 e. The van der Waals surface area contributed by atoms with Crippen LogP contribution in [-0.2, 0) is 13.7 Å². The number of phenolic OH excluding ortho intramolecular Hbond substituents is 1. The van der Waals surface area contributed by atoms with Crippen LogP contribution in [0, 0.1) is 0 Å². The molecule has 0 atom stereocenters. The van der Waals surface area contributed by atoms with E-state index in [2.05, 4.69) is 0 Å². The molecule has 0 amide bonds. The van der Waals surface area contributed by atoms with Crippen LogP contribution in [0.3, 0.4) is 0 Å². The molecule has 19 heavy (non-hydrogen) atoms. The lowest BCUT2D eigenvalue weighted by Gasteiger charge is -2.04. The number of nitrogens with zero attached hydrogens (tertiary/aromatic N) is 1. The Bertz CT molecular complexity index is 701. The van der Waals surface area contributed by atoms with Crippen molar-refractivity contribution in [2.24, 2.45) is 7.05 Å². The lowest BCUT2D eigenvalue weighted by molar-refractivity contribution is 0.307. The van der Waals surface area contributed by atoms with Crippen molar-refractivity contribution in [2.45, 2.75) is 6.61 Å². The molecule has 3 nitrogen and oxygen atoms in total. The van der Waals surface area contributed by atoms with E-state index in [4.69, 9.17) is 4.74 Å². The molecule has 96 valence electrons. The maximum atomic E-state index is 9.89. The fourth-order valence-corrected chi connectivity index (χ4v) is 2.32. The third-order valence-electron chi connectivity index (χ3n) is 3.20. The standard InChI is InChI=1S/C16H15NO2/c1-17-10-12(11-19-13-6-3-2-4-7-13)14-8-5-9-15(18)16(14)17/h2-10,18H,11H2,1H3. The monoisotopic (exact) mass is 253 g/mol. The normalized spacial score (nSPS) is 10.8. The van der Waals surface area contributed by atoms with Gasteiger partial charge in [-0.3, -0.25) is 0 Å². The molecule has 0 aliphatic carbocycles. The van der Waals surface area contributed by atoms with Crippen molar-refractivity contribution in [1.82, 2.24) is 4.57 Å². The van der Waals surface area contributed by atoms with Crippen LogP contribution in [0.4, 0.5) is 0 Å². The first-order valence-electron chi connectivity index (χ1n) is 6.19. The summed E-state index contributed by atoms with van der Waals surface area (Å²) >= 11 is 0. The van der Waals surface area contributed by atoms with Gasteiger partial charge in [0, 0.05) is 24.2 Å². The van der Waals surface area contributed by atoms with Gasteiger partial charge in [0.2, 0.25) is 0 Å². The highest BCUT2D eigenvalue weighted by Crippen LogP contribution is 2.28. The van der Waals surface area contributed by atoms with Gasteiger partial charge in [-0.15, -0.1) is 0 Å². The van der Waals surface area contributed by atoms with Crippen molar-refractivity contribution in [3.05, 3.63) is 60.3 Å². The quantitative estimate of drug-likeness (QED) is 0.775. The van der Waals surface area contributed by atoms with Gasteiger partial charge in [-0.05, 0) is 18.2 Å². The summed E-state index contributed by atoms with van der Waals surface area (Å²) in [6.45, 7) is 0.491. The maximum Gasteiger partial charge on any atom is 0.139 e. The smallest absolute Gasteiger partial charge is 0.139 e. The topological polar surface area (TPSA) is 34.4 Å². The molecule has 1 N–H and O–H groups in total. The zero-order valence-electron chi connectivity index (χ0n) is 10.7. The maximum absolute atomic E-state index is 9.89. The molecule has 0 spiro atoms. The van der Waals surface area contributed by atoms with Gasteiger partial charge in [-0.1, -0.05) is 30.3 Å². The molecule has 2 aromatic carbocycles. The molecule has 3 rings (SSSR count). The molecule has 0 aliphatic heterocycles. The molecule has 0 bridgehead atoms. The van der Waals surface area contributed by atoms with E-state index in [1.54, 1.807) is 6.07 Å². The Morgan fingerprint density at radius 2 is 1.84 bits per heavy atom. The Labute approximate surface area is 111 Å². The Balaban J connectivity index is 1.92. The second kappa shape index (κ2) is 4.69. The highest BCUT2D eigenvalue weighted by atomic mass is 16.5. The van der Waals surface area contributed by atoms with Crippen molar-refractivity contribution >= 4 is 10.9 Å². The number of hydrogen-bond acceptors (Lipinski definition) is 2. The molecule has 1 heterocycles. The summed E-state index contributed by atoms with van der Waals surface area (Å²) in [6, 6.07) is 15.3. The number of aromatic hydroxyl groups is 1. The zero-order chi connectivity index (χ0) is 13.2. The molecular weight excluding hydrogens is 238 g/mol. The molecule has 0 saturated carbocycles. The molecule has 0 radical (unpaired) electrons. The number of para-hydroxylation sites is 2. The molecule has 3 heteroatoms. The van der Waals surface area contributed by atoms with E-state index in [-0.39, 0.29) is 0 Å². The number of ether oxygens (including phenoxy) is 1. The zero-order valence-corrected chi connectivity index (χ0v) is 10.7. The minimum Gasteiger partial charge on any atom is -0.506 e. The number of phenols is 1. The van der Waals surface area contributed by atoms with Gasteiger partial charge in [0.15, 0.2) is 0 Å². The summed E-state index contributed by atoms with van der Waals surface area (Å²) in [5.74, 6) is 1.14. The first-order valence-corrected chi connectivity index (χ1v) is 6.19. The van der Waals surface area contributed by atoms with Gasteiger partial charge in [-0.2, -0.15) is 0 Å². The highest BCUT2D eigenvalue weighted by molar-refractivity contribution is 5.88. The molecule has 1 aromatic heterocycles. The van der Waals surface area contributed by atoms with Crippen molar-refractivity contribution in [1.29, 1.82) is 0 Å². The SMILES string of the molecule is Cn1cc(COc2ccccc2)c2cccc(O)c21. The third kappa shape index (κ3) is 2.15. The van der Waals surface area contributed by atoms with Gasteiger partial charge in [-0.25, -0.2) is 0 Å². The van der Waals surface area contributed by atoms with Crippen LogP contribution in [0.15, 0.2) is 54.7 Å². The van der Waals surface area contributed by atoms with Gasteiger partial charge in [0.05, 0.1) is 5.52 Å².